The van der Waals surface area contributed by atoms with Gasteiger partial charge in [0.25, 0.3) is 0 Å². The standard InChI is InChI=1S/C40H30Br4Cl2N2O2/c1-47(2)29-17-9-25(10-18-29)31(23-5-13-27(45)14-6-23)21-40(34-33(39(49)50-40)35(41)37(43)38(44)36(34)42)22-32(24-7-15-28(46)16-8-24)26-11-19-30(20-12-26)48(3)4/h5-22H,1-4H3. The summed E-state index contributed by atoms with van der Waals surface area (Å²) in [6, 6.07) is 32.0. The summed E-state index contributed by atoms with van der Waals surface area (Å²) in [5.74, 6) is -0.468. The number of nitrogens with zero attached hydrogens (tertiary/aromatic N) is 2. The van der Waals surface area contributed by atoms with Crippen LogP contribution >= 0.6 is 86.9 Å². The Balaban J connectivity index is 1.74. The highest BCUT2D eigenvalue weighted by atomic mass is 79.9. The molecule has 10 heteroatoms. The molecule has 0 aromatic heterocycles. The van der Waals surface area contributed by atoms with Gasteiger partial charge in [0.05, 0.1) is 5.56 Å². The van der Waals surface area contributed by atoms with E-state index in [4.69, 9.17) is 27.9 Å². The maximum Gasteiger partial charge on any atom is 0.341 e. The first-order chi connectivity index (χ1) is 23.8. The maximum atomic E-state index is 14.1. The number of ether oxygens (including phenoxy) is 1. The summed E-state index contributed by atoms with van der Waals surface area (Å²) >= 11 is 27.7. The third kappa shape index (κ3) is 7.25. The second-order valence-electron chi connectivity index (χ2n) is 12.2. The number of cyclic esters (lactones) is 1. The summed E-state index contributed by atoms with van der Waals surface area (Å²) in [6.45, 7) is 0. The van der Waals surface area contributed by atoms with Gasteiger partial charge in [-0.25, -0.2) is 4.79 Å². The van der Waals surface area contributed by atoms with Crippen molar-refractivity contribution in [1.82, 2.24) is 0 Å². The largest absolute Gasteiger partial charge is 0.442 e. The topological polar surface area (TPSA) is 32.8 Å². The van der Waals surface area contributed by atoms with Crippen LogP contribution in [0.3, 0.4) is 0 Å². The number of anilines is 2. The SMILES string of the molecule is CN(C)c1ccc(C(=CC2(C=C(c3ccc(Cl)cc3)c3ccc(N(C)C)cc3)OC(=O)c3c(Br)c(Br)c(Br)c(Br)c32)c2ccc(Cl)cc2)cc1. The number of esters is 1. The Bertz CT molecular complexity index is 2030. The van der Waals surface area contributed by atoms with Crippen molar-refractivity contribution in [3.63, 3.8) is 0 Å². The highest BCUT2D eigenvalue weighted by Crippen LogP contribution is 2.53. The van der Waals surface area contributed by atoms with Crippen LogP contribution in [0.25, 0.3) is 11.1 Å². The number of hydrogen-bond donors (Lipinski definition) is 0. The number of carbonyl (C=O) groups excluding carboxylic acids is 1. The molecular formula is C40H30Br4Cl2N2O2. The van der Waals surface area contributed by atoms with Gasteiger partial charge in [-0.3, -0.25) is 0 Å². The van der Waals surface area contributed by atoms with Gasteiger partial charge in [0, 0.05) is 73.1 Å². The van der Waals surface area contributed by atoms with Crippen molar-refractivity contribution in [3.05, 3.63) is 171 Å². The van der Waals surface area contributed by atoms with E-state index in [1.165, 1.54) is 0 Å². The monoisotopic (exact) mass is 956 g/mol. The Hall–Kier alpha value is -2.85. The lowest BCUT2D eigenvalue weighted by atomic mass is 9.83. The van der Waals surface area contributed by atoms with Crippen molar-refractivity contribution in [2.75, 3.05) is 38.0 Å². The minimum absolute atomic E-state index is 0.413. The van der Waals surface area contributed by atoms with Gasteiger partial charge in [-0.05, 0) is 158 Å². The van der Waals surface area contributed by atoms with Crippen LogP contribution in [-0.2, 0) is 10.3 Å². The van der Waals surface area contributed by atoms with Gasteiger partial charge in [0.1, 0.15) is 0 Å². The molecule has 50 heavy (non-hydrogen) atoms. The van der Waals surface area contributed by atoms with E-state index in [-0.39, 0.29) is 0 Å². The molecule has 0 N–H and O–H groups in total. The summed E-state index contributed by atoms with van der Waals surface area (Å²) < 4.78 is 9.34. The molecular weight excluding hydrogens is 931 g/mol. The van der Waals surface area contributed by atoms with Crippen LogP contribution in [0.4, 0.5) is 11.4 Å². The zero-order chi connectivity index (χ0) is 35.9. The van der Waals surface area contributed by atoms with E-state index < -0.39 is 11.6 Å². The molecule has 0 spiro atoms. The van der Waals surface area contributed by atoms with Crippen LogP contribution in [0, 0.1) is 0 Å². The molecule has 0 fully saturated rings. The van der Waals surface area contributed by atoms with Crippen molar-refractivity contribution in [2.45, 2.75) is 5.60 Å². The van der Waals surface area contributed by atoms with Gasteiger partial charge in [-0.15, -0.1) is 0 Å². The molecule has 5 aromatic carbocycles. The van der Waals surface area contributed by atoms with E-state index in [2.05, 4.69) is 122 Å². The fourth-order valence-electron chi connectivity index (χ4n) is 5.92. The fourth-order valence-corrected chi connectivity index (χ4v) is 8.77. The lowest BCUT2D eigenvalue weighted by molar-refractivity contribution is 0.0298. The molecule has 5 aromatic rings. The molecule has 0 radical (unpaired) electrons. The van der Waals surface area contributed by atoms with E-state index in [1.807, 2.05) is 88.9 Å². The van der Waals surface area contributed by atoms with Crippen LogP contribution in [-0.4, -0.2) is 34.2 Å². The number of hydrogen-bond acceptors (Lipinski definition) is 4. The zero-order valence-electron chi connectivity index (χ0n) is 27.4. The van der Waals surface area contributed by atoms with E-state index in [0.29, 0.717) is 34.6 Å². The van der Waals surface area contributed by atoms with Crippen LogP contribution in [0.2, 0.25) is 10.0 Å². The molecule has 1 aliphatic heterocycles. The van der Waals surface area contributed by atoms with E-state index in [9.17, 15) is 4.79 Å². The Morgan fingerprint density at radius 1 is 0.560 bits per heavy atom. The Kier molecular flexibility index (Phi) is 11.1. The summed E-state index contributed by atoms with van der Waals surface area (Å²) in [7, 11) is 8.03. The second-order valence-corrected chi connectivity index (χ2v) is 16.2. The third-order valence-corrected chi connectivity index (χ3v) is 13.8. The van der Waals surface area contributed by atoms with Gasteiger partial charge in [-0.2, -0.15) is 0 Å². The van der Waals surface area contributed by atoms with Crippen molar-refractivity contribution < 1.29 is 9.53 Å². The lowest BCUT2D eigenvalue weighted by Crippen LogP contribution is -2.23. The average molecular weight is 961 g/mol. The molecule has 254 valence electrons. The highest BCUT2D eigenvalue weighted by Gasteiger charge is 2.48. The molecule has 6 rings (SSSR count). The summed E-state index contributed by atoms with van der Waals surface area (Å²) in [5, 5.41) is 1.24. The first-order valence-corrected chi connectivity index (χ1v) is 19.4. The highest BCUT2D eigenvalue weighted by molar-refractivity contribution is 9.15. The van der Waals surface area contributed by atoms with Crippen molar-refractivity contribution in [3.8, 4) is 0 Å². The van der Waals surface area contributed by atoms with Crippen molar-refractivity contribution in [2.24, 2.45) is 0 Å². The third-order valence-electron chi connectivity index (χ3n) is 8.54. The average Bonchev–Trinajstić information content (AvgIpc) is 3.40. The fraction of sp³-hybridized carbons (Fsp3) is 0.125. The van der Waals surface area contributed by atoms with Crippen LogP contribution < -0.4 is 9.80 Å². The number of benzene rings is 5. The molecule has 0 saturated heterocycles. The zero-order valence-corrected chi connectivity index (χ0v) is 35.2. The molecule has 0 bridgehead atoms. The second kappa shape index (κ2) is 15.0. The summed E-state index contributed by atoms with van der Waals surface area (Å²) in [6.07, 6.45) is 4.07. The Morgan fingerprint density at radius 2 is 0.900 bits per heavy atom. The quantitative estimate of drug-likeness (QED) is 0.0881. The number of fused-ring (bicyclic) bond motifs is 1. The number of rotatable bonds is 8. The molecule has 0 amide bonds. The van der Waals surface area contributed by atoms with Gasteiger partial charge < -0.3 is 14.5 Å². The number of carbonyl (C=O) groups is 1. The normalized spacial score (nSPS) is 15.9. The van der Waals surface area contributed by atoms with Crippen molar-refractivity contribution in [1.29, 1.82) is 0 Å². The van der Waals surface area contributed by atoms with E-state index >= 15 is 0 Å². The van der Waals surface area contributed by atoms with Gasteiger partial charge in [0.2, 0.25) is 0 Å². The number of halogens is 6. The molecule has 0 saturated carbocycles. The lowest BCUT2D eigenvalue weighted by Gasteiger charge is -2.28. The molecule has 0 atom stereocenters. The van der Waals surface area contributed by atoms with Gasteiger partial charge in [-0.1, -0.05) is 71.7 Å². The first-order valence-electron chi connectivity index (χ1n) is 15.4. The van der Waals surface area contributed by atoms with Gasteiger partial charge >= 0.3 is 5.97 Å². The predicted octanol–water partition coefficient (Wildman–Crippen LogP) is 12.8. The molecule has 0 aliphatic carbocycles. The van der Waals surface area contributed by atoms with Crippen molar-refractivity contribution >= 4 is 115 Å². The smallest absolute Gasteiger partial charge is 0.341 e. The maximum absolute atomic E-state index is 14.1. The first kappa shape index (κ1) is 36.9. The molecule has 4 nitrogen and oxygen atoms in total. The van der Waals surface area contributed by atoms with Crippen LogP contribution in [0.15, 0.2) is 127 Å². The summed E-state index contributed by atoms with van der Waals surface area (Å²) in [4.78, 5) is 18.3. The van der Waals surface area contributed by atoms with Crippen LogP contribution in [0.1, 0.15) is 38.2 Å². The summed E-state index contributed by atoms with van der Waals surface area (Å²) in [5.41, 5.74) is 7.16. The minimum atomic E-state index is -1.40. The molecule has 1 aliphatic rings. The Labute approximate surface area is 336 Å². The van der Waals surface area contributed by atoms with Crippen LogP contribution in [0.5, 0.6) is 0 Å². The molecule has 1 heterocycles. The van der Waals surface area contributed by atoms with E-state index in [0.717, 1.165) is 49.2 Å². The van der Waals surface area contributed by atoms with Gasteiger partial charge in [0.15, 0.2) is 5.60 Å². The Morgan fingerprint density at radius 3 is 1.26 bits per heavy atom. The molecule has 0 unspecified atom stereocenters. The predicted molar refractivity (Wildman–Crippen MR) is 223 cm³/mol. The minimum Gasteiger partial charge on any atom is -0.442 e. The van der Waals surface area contributed by atoms with E-state index in [1.54, 1.807) is 0 Å².